The molecular formula is C27H27F4N5O4S. The van der Waals surface area contributed by atoms with Gasteiger partial charge in [0.05, 0.1) is 30.4 Å². The Kier molecular flexibility index (Phi) is 9.38. The molecule has 2 N–H and O–H groups in total. The van der Waals surface area contributed by atoms with Gasteiger partial charge in [0, 0.05) is 43.7 Å². The van der Waals surface area contributed by atoms with Gasteiger partial charge in [-0.1, -0.05) is 16.3 Å². The molecule has 2 aromatic heterocycles. The number of halogens is 4. The number of piperidine rings is 1. The van der Waals surface area contributed by atoms with Crippen LogP contribution < -0.4 is 20.7 Å². The Morgan fingerprint density at radius 1 is 1.15 bits per heavy atom. The van der Waals surface area contributed by atoms with Crippen molar-refractivity contribution in [3.8, 4) is 17.6 Å². The van der Waals surface area contributed by atoms with Crippen molar-refractivity contribution in [2.45, 2.75) is 29.8 Å². The summed E-state index contributed by atoms with van der Waals surface area (Å²) >= 11 is -0.387. The van der Waals surface area contributed by atoms with E-state index in [1.807, 2.05) is 0 Å². The molecule has 1 saturated heterocycles. The Bertz CT molecular complexity index is 1480. The topological polar surface area (TPSA) is 87.6 Å². The van der Waals surface area contributed by atoms with Crippen LogP contribution in [0.2, 0.25) is 0 Å². The van der Waals surface area contributed by atoms with Crippen LogP contribution in [0.15, 0.2) is 47.6 Å². The van der Waals surface area contributed by atoms with Gasteiger partial charge >= 0.3 is 11.6 Å². The number of fused-ring (bicyclic) bond motifs is 1. The Hall–Kier alpha value is -4.25. The number of alkyl halides is 3. The van der Waals surface area contributed by atoms with Crippen molar-refractivity contribution in [2.24, 2.45) is 0 Å². The minimum Gasteiger partial charge on any atom is -0.495 e. The molecule has 0 aliphatic carbocycles. The number of anilines is 2. The van der Waals surface area contributed by atoms with E-state index in [4.69, 9.17) is 9.57 Å². The largest absolute Gasteiger partial charge is 0.495 e. The van der Waals surface area contributed by atoms with Crippen LogP contribution in [0.4, 0.5) is 33.8 Å². The van der Waals surface area contributed by atoms with Crippen LogP contribution in [-0.2, 0) is 4.84 Å². The fraction of sp³-hybridized carbons (Fsp3) is 0.333. The Morgan fingerprint density at radius 3 is 2.59 bits per heavy atom. The molecule has 3 aromatic rings. The van der Waals surface area contributed by atoms with E-state index < -0.39 is 11.6 Å². The van der Waals surface area contributed by atoms with Crippen LogP contribution in [0.3, 0.4) is 0 Å². The van der Waals surface area contributed by atoms with E-state index in [2.05, 4.69) is 22.5 Å². The summed E-state index contributed by atoms with van der Waals surface area (Å²) in [5, 5.41) is 5.01. The third-order valence-corrected chi connectivity index (χ3v) is 7.04. The van der Waals surface area contributed by atoms with Gasteiger partial charge in [0.2, 0.25) is 0 Å². The zero-order valence-electron chi connectivity index (χ0n) is 22.2. The van der Waals surface area contributed by atoms with E-state index in [0.717, 1.165) is 23.7 Å². The van der Waals surface area contributed by atoms with Gasteiger partial charge in [-0.3, -0.25) is 9.63 Å². The summed E-state index contributed by atoms with van der Waals surface area (Å²) in [6.07, 6.45) is 2.98. The van der Waals surface area contributed by atoms with Gasteiger partial charge in [-0.2, -0.15) is 13.2 Å². The number of carbonyl (C=O) groups excluding carboxylic acids is 2. The van der Waals surface area contributed by atoms with Gasteiger partial charge in [0.1, 0.15) is 16.5 Å². The van der Waals surface area contributed by atoms with Crippen LogP contribution in [0.5, 0.6) is 5.75 Å². The zero-order chi connectivity index (χ0) is 29.6. The van der Waals surface area contributed by atoms with Crippen molar-refractivity contribution in [1.82, 2.24) is 14.6 Å². The smallest absolute Gasteiger partial charge is 0.447 e. The second-order valence-corrected chi connectivity index (χ2v) is 9.91. The first-order chi connectivity index (χ1) is 19.6. The number of amides is 2. The predicted molar refractivity (Wildman–Crippen MR) is 147 cm³/mol. The standard InChI is InChI=1S/C27H27F4N5O4S/c1-32-24(37)18-10-11-20(23(17-18)39-2)33-12-6-8-19-16-22-21(9-7-15-35(22)25(19)41-27(28,29)30)36(31)40-26(38)34-13-4-3-5-14-34/h7,9-11,15-17,33H,3-5,12-14H2,1-2H3,(H,32,37). The van der Waals surface area contributed by atoms with Crippen molar-refractivity contribution < 1.29 is 36.8 Å². The first-order valence-electron chi connectivity index (χ1n) is 12.6. The van der Waals surface area contributed by atoms with Crippen molar-refractivity contribution >= 4 is 40.7 Å². The molecule has 0 atom stereocenters. The highest BCUT2D eigenvalue weighted by Gasteiger charge is 2.33. The maximum Gasteiger partial charge on any atom is 0.447 e. The van der Waals surface area contributed by atoms with Crippen LogP contribution >= 0.6 is 11.8 Å². The lowest BCUT2D eigenvalue weighted by atomic mass is 10.1. The molecule has 2 amide bonds. The lowest BCUT2D eigenvalue weighted by molar-refractivity contribution is -0.0330. The molecule has 0 saturated carbocycles. The molecule has 1 aliphatic heterocycles. The first kappa shape index (κ1) is 29.7. The monoisotopic (exact) mass is 593 g/mol. The molecule has 41 heavy (non-hydrogen) atoms. The minimum absolute atomic E-state index is 0.000683. The number of hydrogen-bond acceptors (Lipinski definition) is 7. The Labute approximate surface area is 237 Å². The third-order valence-electron chi connectivity index (χ3n) is 6.20. The number of aromatic nitrogens is 1. The van der Waals surface area contributed by atoms with Gasteiger partial charge in [0.15, 0.2) is 0 Å². The van der Waals surface area contributed by atoms with Gasteiger partial charge in [-0.25, -0.2) is 4.79 Å². The number of rotatable bonds is 7. The molecule has 1 aromatic carbocycles. The molecule has 1 fully saturated rings. The number of ether oxygens (including phenoxy) is 1. The lowest BCUT2D eigenvalue weighted by Gasteiger charge is -2.26. The second-order valence-electron chi connectivity index (χ2n) is 8.86. The molecule has 3 heterocycles. The lowest BCUT2D eigenvalue weighted by Crippen LogP contribution is -2.38. The van der Waals surface area contributed by atoms with E-state index in [1.165, 1.54) is 49.5 Å². The quantitative estimate of drug-likeness (QED) is 0.121. The van der Waals surface area contributed by atoms with Gasteiger partial charge in [0.25, 0.3) is 5.91 Å². The summed E-state index contributed by atoms with van der Waals surface area (Å²) in [6.45, 7) is 0.895. The minimum atomic E-state index is -4.64. The summed E-state index contributed by atoms with van der Waals surface area (Å²) in [5.41, 5.74) is -3.97. The first-order valence-corrected chi connectivity index (χ1v) is 13.4. The highest BCUT2D eigenvalue weighted by atomic mass is 32.2. The number of thioether (sulfide) groups is 1. The predicted octanol–water partition coefficient (Wildman–Crippen LogP) is 5.61. The third kappa shape index (κ3) is 7.29. The second kappa shape index (κ2) is 12.9. The van der Waals surface area contributed by atoms with Crippen LogP contribution in [-0.4, -0.2) is 60.6 Å². The van der Waals surface area contributed by atoms with Crippen LogP contribution in [0.25, 0.3) is 5.52 Å². The van der Waals surface area contributed by atoms with E-state index in [0.29, 0.717) is 30.1 Å². The zero-order valence-corrected chi connectivity index (χ0v) is 23.0. The number of hydrogen-bond donors (Lipinski definition) is 2. The summed E-state index contributed by atoms with van der Waals surface area (Å²) in [6, 6.07) is 8.67. The van der Waals surface area contributed by atoms with Crippen molar-refractivity contribution in [2.75, 3.05) is 44.4 Å². The van der Waals surface area contributed by atoms with Gasteiger partial charge in [-0.15, -0.1) is 0 Å². The Balaban J connectivity index is 1.58. The normalized spacial score (nSPS) is 13.3. The van der Waals surface area contributed by atoms with Crippen LogP contribution in [0, 0.1) is 11.8 Å². The molecule has 1 aliphatic rings. The Morgan fingerprint density at radius 2 is 1.90 bits per heavy atom. The fourth-order valence-electron chi connectivity index (χ4n) is 4.26. The maximum atomic E-state index is 15.1. The molecule has 0 spiro atoms. The average Bonchev–Trinajstić information content (AvgIpc) is 3.30. The maximum absolute atomic E-state index is 15.1. The van der Waals surface area contributed by atoms with Gasteiger partial charge < -0.3 is 24.7 Å². The molecule has 0 bridgehead atoms. The fourth-order valence-corrected chi connectivity index (χ4v) is 4.96. The molecule has 0 unspecified atom stereocenters. The molecular weight excluding hydrogens is 566 g/mol. The van der Waals surface area contributed by atoms with Crippen molar-refractivity contribution in [1.29, 1.82) is 0 Å². The molecule has 9 nitrogen and oxygen atoms in total. The van der Waals surface area contributed by atoms with Crippen molar-refractivity contribution in [3.05, 3.63) is 53.7 Å². The summed E-state index contributed by atoms with van der Waals surface area (Å²) < 4.78 is 61.9. The van der Waals surface area contributed by atoms with E-state index in [9.17, 15) is 22.8 Å². The van der Waals surface area contributed by atoms with Gasteiger partial charge in [-0.05, 0) is 60.9 Å². The SMILES string of the molecule is CNC(=O)c1ccc(NCC#Cc2cc3c(N(F)OC(=O)N4CCCCC4)cccn3c2SC(F)(F)F)c(OC)c1. The number of benzene rings is 1. The number of likely N-dealkylation sites (tertiary alicyclic amines) is 1. The summed E-state index contributed by atoms with van der Waals surface area (Å²) in [7, 11) is 2.94. The highest BCUT2D eigenvalue weighted by Crippen LogP contribution is 2.41. The van der Waals surface area contributed by atoms with E-state index in [-0.39, 0.29) is 51.3 Å². The van der Waals surface area contributed by atoms with E-state index in [1.54, 1.807) is 12.1 Å². The number of nitrogens with one attached hydrogen (secondary N) is 2. The molecule has 14 heteroatoms. The number of carbonyl (C=O) groups is 2. The molecule has 218 valence electrons. The number of nitrogens with zero attached hydrogens (tertiary/aromatic N) is 3. The summed E-state index contributed by atoms with van der Waals surface area (Å²) in [5.74, 6) is 5.57. The number of pyridine rings is 1. The van der Waals surface area contributed by atoms with Crippen molar-refractivity contribution in [3.63, 3.8) is 0 Å². The number of methoxy groups -OCH3 is 1. The summed E-state index contributed by atoms with van der Waals surface area (Å²) in [4.78, 5) is 30.5. The van der Waals surface area contributed by atoms with Crippen LogP contribution in [0.1, 0.15) is 35.2 Å². The highest BCUT2D eigenvalue weighted by molar-refractivity contribution is 8.00. The van der Waals surface area contributed by atoms with E-state index >= 15 is 4.48 Å². The molecule has 4 rings (SSSR count). The average molecular weight is 594 g/mol. The molecule has 0 radical (unpaired) electrons.